The standard InChI is InChI=1S/C13H22N2O2/c1-2-15-6-5-11(10-15)8-14-9-12(16)13-4-3-7-17-13/h3-4,7,11-12,14,16H,2,5-6,8-10H2,1H3. The van der Waals surface area contributed by atoms with Crippen molar-refractivity contribution in [2.45, 2.75) is 19.4 Å². The van der Waals surface area contributed by atoms with Gasteiger partial charge in [0.15, 0.2) is 0 Å². The van der Waals surface area contributed by atoms with Gasteiger partial charge in [0.05, 0.1) is 6.26 Å². The van der Waals surface area contributed by atoms with E-state index in [2.05, 4.69) is 17.1 Å². The summed E-state index contributed by atoms with van der Waals surface area (Å²) in [6, 6.07) is 3.61. The second-order valence-electron chi connectivity index (χ2n) is 4.74. The molecule has 2 N–H and O–H groups in total. The third-order valence-electron chi connectivity index (χ3n) is 3.46. The van der Waals surface area contributed by atoms with E-state index in [-0.39, 0.29) is 0 Å². The van der Waals surface area contributed by atoms with Crippen molar-refractivity contribution in [3.63, 3.8) is 0 Å². The largest absolute Gasteiger partial charge is 0.467 e. The maximum absolute atomic E-state index is 9.81. The fourth-order valence-electron chi connectivity index (χ4n) is 2.37. The van der Waals surface area contributed by atoms with Crippen molar-refractivity contribution in [2.75, 3.05) is 32.7 Å². The molecule has 2 heterocycles. The smallest absolute Gasteiger partial charge is 0.133 e. The lowest BCUT2D eigenvalue weighted by Crippen LogP contribution is -2.29. The van der Waals surface area contributed by atoms with Crippen molar-refractivity contribution in [1.82, 2.24) is 10.2 Å². The summed E-state index contributed by atoms with van der Waals surface area (Å²) in [6.45, 7) is 7.29. The molecule has 0 saturated carbocycles. The SMILES string of the molecule is CCN1CCC(CNCC(O)c2ccco2)C1. The van der Waals surface area contributed by atoms with E-state index in [1.807, 2.05) is 0 Å². The minimum Gasteiger partial charge on any atom is -0.467 e. The number of nitrogens with one attached hydrogen (secondary N) is 1. The van der Waals surface area contributed by atoms with Crippen LogP contribution < -0.4 is 5.32 Å². The molecule has 0 spiro atoms. The average molecular weight is 238 g/mol. The van der Waals surface area contributed by atoms with E-state index < -0.39 is 6.10 Å². The summed E-state index contributed by atoms with van der Waals surface area (Å²) in [6.07, 6.45) is 2.32. The molecular formula is C13H22N2O2. The lowest BCUT2D eigenvalue weighted by Gasteiger charge is -2.15. The van der Waals surface area contributed by atoms with E-state index >= 15 is 0 Å². The van der Waals surface area contributed by atoms with Gasteiger partial charge in [-0.25, -0.2) is 0 Å². The first kappa shape index (κ1) is 12.6. The van der Waals surface area contributed by atoms with E-state index in [0.717, 1.165) is 19.0 Å². The second-order valence-corrected chi connectivity index (χ2v) is 4.74. The molecule has 0 aliphatic carbocycles. The normalized spacial score (nSPS) is 23.1. The van der Waals surface area contributed by atoms with Crippen LogP contribution in [0.2, 0.25) is 0 Å². The van der Waals surface area contributed by atoms with Crippen LogP contribution in [0, 0.1) is 5.92 Å². The fourth-order valence-corrected chi connectivity index (χ4v) is 2.37. The van der Waals surface area contributed by atoms with E-state index in [1.165, 1.54) is 19.5 Å². The molecule has 0 radical (unpaired) electrons. The van der Waals surface area contributed by atoms with Gasteiger partial charge in [-0.2, -0.15) is 0 Å². The first-order valence-corrected chi connectivity index (χ1v) is 6.44. The zero-order valence-corrected chi connectivity index (χ0v) is 10.4. The lowest BCUT2D eigenvalue weighted by molar-refractivity contribution is 0.146. The Morgan fingerprint density at radius 2 is 2.53 bits per heavy atom. The molecule has 4 heteroatoms. The van der Waals surface area contributed by atoms with Gasteiger partial charge in [-0.1, -0.05) is 6.92 Å². The zero-order chi connectivity index (χ0) is 12.1. The number of aliphatic hydroxyl groups excluding tert-OH is 1. The van der Waals surface area contributed by atoms with Crippen LogP contribution in [-0.2, 0) is 0 Å². The van der Waals surface area contributed by atoms with Gasteiger partial charge in [0, 0.05) is 13.1 Å². The van der Waals surface area contributed by atoms with Gasteiger partial charge in [-0.3, -0.25) is 0 Å². The predicted molar refractivity (Wildman–Crippen MR) is 66.8 cm³/mol. The maximum atomic E-state index is 9.81. The number of hydrogen-bond acceptors (Lipinski definition) is 4. The van der Waals surface area contributed by atoms with Crippen LogP contribution in [0.25, 0.3) is 0 Å². The van der Waals surface area contributed by atoms with Crippen LogP contribution in [0.4, 0.5) is 0 Å². The molecule has 2 unspecified atom stereocenters. The number of likely N-dealkylation sites (tertiary alicyclic amines) is 1. The highest BCUT2D eigenvalue weighted by Crippen LogP contribution is 2.15. The number of furan rings is 1. The fraction of sp³-hybridized carbons (Fsp3) is 0.692. The van der Waals surface area contributed by atoms with Gasteiger partial charge < -0.3 is 19.7 Å². The molecule has 17 heavy (non-hydrogen) atoms. The number of nitrogens with zero attached hydrogens (tertiary/aromatic N) is 1. The number of aliphatic hydroxyl groups is 1. The van der Waals surface area contributed by atoms with E-state index in [1.54, 1.807) is 18.4 Å². The summed E-state index contributed by atoms with van der Waals surface area (Å²) in [5.41, 5.74) is 0. The van der Waals surface area contributed by atoms with Gasteiger partial charge >= 0.3 is 0 Å². The summed E-state index contributed by atoms with van der Waals surface area (Å²) in [4.78, 5) is 2.47. The van der Waals surface area contributed by atoms with E-state index in [0.29, 0.717) is 12.3 Å². The molecule has 2 rings (SSSR count). The predicted octanol–water partition coefficient (Wildman–Crippen LogP) is 1.24. The summed E-state index contributed by atoms with van der Waals surface area (Å²) >= 11 is 0. The highest BCUT2D eigenvalue weighted by Gasteiger charge is 2.21. The highest BCUT2D eigenvalue weighted by molar-refractivity contribution is 5.02. The molecule has 0 aromatic carbocycles. The van der Waals surface area contributed by atoms with Crippen molar-refractivity contribution in [3.05, 3.63) is 24.2 Å². The molecule has 1 aromatic rings. The molecule has 96 valence electrons. The van der Waals surface area contributed by atoms with E-state index in [4.69, 9.17) is 4.42 Å². The van der Waals surface area contributed by atoms with Gasteiger partial charge in [0.1, 0.15) is 11.9 Å². The second kappa shape index (κ2) is 6.19. The molecule has 0 amide bonds. The minimum absolute atomic E-state index is 0.534. The van der Waals surface area contributed by atoms with Crippen LogP contribution in [-0.4, -0.2) is 42.7 Å². The van der Waals surface area contributed by atoms with E-state index in [9.17, 15) is 5.11 Å². The molecule has 4 nitrogen and oxygen atoms in total. The first-order chi connectivity index (χ1) is 8.29. The van der Waals surface area contributed by atoms with Crippen molar-refractivity contribution in [1.29, 1.82) is 0 Å². The van der Waals surface area contributed by atoms with Gasteiger partial charge in [-0.05, 0) is 44.1 Å². The Bertz CT molecular complexity index is 313. The summed E-state index contributed by atoms with van der Waals surface area (Å²) in [5.74, 6) is 1.36. The Morgan fingerprint density at radius 1 is 1.65 bits per heavy atom. The Balaban J connectivity index is 1.63. The van der Waals surface area contributed by atoms with Crippen molar-refractivity contribution in [2.24, 2.45) is 5.92 Å². The average Bonchev–Trinajstić information content (AvgIpc) is 3.00. The molecule has 0 bridgehead atoms. The van der Waals surface area contributed by atoms with Crippen LogP contribution in [0.1, 0.15) is 25.2 Å². The molecule has 2 atom stereocenters. The Kier molecular flexibility index (Phi) is 4.59. The monoisotopic (exact) mass is 238 g/mol. The number of hydrogen-bond donors (Lipinski definition) is 2. The summed E-state index contributed by atoms with van der Waals surface area (Å²) in [5, 5.41) is 13.1. The topological polar surface area (TPSA) is 48.6 Å². The van der Waals surface area contributed by atoms with Crippen LogP contribution >= 0.6 is 0 Å². The molecular weight excluding hydrogens is 216 g/mol. The number of rotatable bonds is 6. The van der Waals surface area contributed by atoms with Crippen LogP contribution in [0.5, 0.6) is 0 Å². The van der Waals surface area contributed by atoms with Crippen LogP contribution in [0.15, 0.2) is 22.8 Å². The Hall–Kier alpha value is -0.840. The molecule has 1 aliphatic heterocycles. The van der Waals surface area contributed by atoms with Crippen molar-refractivity contribution < 1.29 is 9.52 Å². The van der Waals surface area contributed by atoms with Crippen LogP contribution in [0.3, 0.4) is 0 Å². The zero-order valence-electron chi connectivity index (χ0n) is 10.4. The Morgan fingerprint density at radius 3 is 3.18 bits per heavy atom. The van der Waals surface area contributed by atoms with Gasteiger partial charge in [0.25, 0.3) is 0 Å². The maximum Gasteiger partial charge on any atom is 0.133 e. The van der Waals surface area contributed by atoms with Gasteiger partial charge in [-0.15, -0.1) is 0 Å². The van der Waals surface area contributed by atoms with Crippen molar-refractivity contribution >= 4 is 0 Å². The van der Waals surface area contributed by atoms with Gasteiger partial charge in [0.2, 0.25) is 0 Å². The third kappa shape index (κ3) is 3.56. The lowest BCUT2D eigenvalue weighted by atomic mass is 10.1. The first-order valence-electron chi connectivity index (χ1n) is 6.44. The molecule has 1 aliphatic rings. The Labute approximate surface area is 103 Å². The highest BCUT2D eigenvalue weighted by atomic mass is 16.4. The third-order valence-corrected chi connectivity index (χ3v) is 3.46. The molecule has 1 fully saturated rings. The molecule has 1 aromatic heterocycles. The summed E-state index contributed by atoms with van der Waals surface area (Å²) in [7, 11) is 0. The quantitative estimate of drug-likeness (QED) is 0.783. The van der Waals surface area contributed by atoms with Crippen molar-refractivity contribution in [3.8, 4) is 0 Å². The minimum atomic E-state index is -0.534. The molecule has 1 saturated heterocycles. The summed E-state index contributed by atoms with van der Waals surface area (Å²) < 4.78 is 5.15.